The van der Waals surface area contributed by atoms with Gasteiger partial charge in [0.25, 0.3) is 5.22 Å². The molecule has 25 heavy (non-hydrogen) atoms. The molecule has 3 rings (SSSR count). The van der Waals surface area contributed by atoms with Crippen molar-refractivity contribution in [3.8, 4) is 11.5 Å². The lowest BCUT2D eigenvalue weighted by atomic mass is 10.2. The number of aromatic nitrogens is 3. The van der Waals surface area contributed by atoms with Crippen LogP contribution in [0.1, 0.15) is 13.3 Å². The maximum Gasteiger partial charge on any atom is 0.277 e. The van der Waals surface area contributed by atoms with Gasteiger partial charge in [-0.15, -0.1) is 10.2 Å². The SMILES string of the molecule is CCN(C(=O)CSc1nnc(-c2cccnc2)o1)[C@@H]1CCS(=O)(=O)C1. The van der Waals surface area contributed by atoms with Gasteiger partial charge in [-0.2, -0.15) is 0 Å². The van der Waals surface area contributed by atoms with Gasteiger partial charge in [-0.25, -0.2) is 8.42 Å². The quantitative estimate of drug-likeness (QED) is 0.687. The predicted molar refractivity (Wildman–Crippen MR) is 92.7 cm³/mol. The molecule has 1 atom stereocenters. The molecule has 0 saturated carbocycles. The Morgan fingerprint density at radius 1 is 1.44 bits per heavy atom. The van der Waals surface area contributed by atoms with Crippen molar-refractivity contribution < 1.29 is 17.6 Å². The van der Waals surface area contributed by atoms with Gasteiger partial charge in [0, 0.05) is 25.0 Å². The maximum absolute atomic E-state index is 12.4. The number of thioether (sulfide) groups is 1. The van der Waals surface area contributed by atoms with E-state index in [1.165, 1.54) is 0 Å². The fraction of sp³-hybridized carbons (Fsp3) is 0.467. The first kappa shape index (κ1) is 17.9. The van der Waals surface area contributed by atoms with Crippen LogP contribution in [0, 0.1) is 0 Å². The van der Waals surface area contributed by atoms with E-state index in [9.17, 15) is 13.2 Å². The summed E-state index contributed by atoms with van der Waals surface area (Å²) in [5.74, 6) is 0.530. The first-order chi connectivity index (χ1) is 12.0. The molecule has 134 valence electrons. The smallest absolute Gasteiger partial charge is 0.277 e. The minimum Gasteiger partial charge on any atom is -0.411 e. The summed E-state index contributed by atoms with van der Waals surface area (Å²) in [6, 6.07) is 3.33. The highest BCUT2D eigenvalue weighted by atomic mass is 32.2. The van der Waals surface area contributed by atoms with Gasteiger partial charge in [0.15, 0.2) is 9.84 Å². The summed E-state index contributed by atoms with van der Waals surface area (Å²) in [6.45, 7) is 2.32. The molecule has 8 nitrogen and oxygen atoms in total. The first-order valence-electron chi connectivity index (χ1n) is 7.85. The number of pyridine rings is 1. The lowest BCUT2D eigenvalue weighted by Gasteiger charge is -2.26. The van der Waals surface area contributed by atoms with Gasteiger partial charge < -0.3 is 9.32 Å². The number of nitrogens with zero attached hydrogens (tertiary/aromatic N) is 4. The van der Waals surface area contributed by atoms with E-state index in [1.54, 1.807) is 29.4 Å². The third-order valence-electron chi connectivity index (χ3n) is 3.94. The largest absolute Gasteiger partial charge is 0.411 e. The Hall–Kier alpha value is -1.94. The number of hydrogen-bond acceptors (Lipinski definition) is 8. The molecule has 10 heteroatoms. The van der Waals surface area contributed by atoms with E-state index >= 15 is 0 Å². The molecule has 0 radical (unpaired) electrons. The van der Waals surface area contributed by atoms with Crippen LogP contribution >= 0.6 is 11.8 Å². The Kier molecular flexibility index (Phi) is 5.38. The van der Waals surface area contributed by atoms with Crippen molar-refractivity contribution in [2.45, 2.75) is 24.6 Å². The van der Waals surface area contributed by atoms with Crippen LogP contribution in [-0.4, -0.2) is 64.3 Å². The highest BCUT2D eigenvalue weighted by Crippen LogP contribution is 2.24. The molecule has 3 heterocycles. The molecule has 0 bridgehead atoms. The zero-order chi connectivity index (χ0) is 17.9. The zero-order valence-electron chi connectivity index (χ0n) is 13.7. The molecule has 0 N–H and O–H groups in total. The number of carbonyl (C=O) groups is 1. The van der Waals surface area contributed by atoms with Gasteiger partial charge in [0.05, 0.1) is 22.8 Å². The zero-order valence-corrected chi connectivity index (χ0v) is 15.3. The molecule has 2 aromatic rings. The van der Waals surface area contributed by atoms with E-state index < -0.39 is 9.84 Å². The van der Waals surface area contributed by atoms with Crippen molar-refractivity contribution in [1.82, 2.24) is 20.1 Å². The van der Waals surface area contributed by atoms with Gasteiger partial charge in [-0.1, -0.05) is 11.8 Å². The normalized spacial score (nSPS) is 19.0. The van der Waals surface area contributed by atoms with Crippen LogP contribution < -0.4 is 0 Å². The Morgan fingerprint density at radius 2 is 2.28 bits per heavy atom. The average molecular weight is 382 g/mol. The molecular formula is C15H18N4O4S2. The lowest BCUT2D eigenvalue weighted by Crippen LogP contribution is -2.41. The first-order valence-corrected chi connectivity index (χ1v) is 10.7. The molecule has 0 aliphatic carbocycles. The molecule has 2 aromatic heterocycles. The monoisotopic (exact) mass is 382 g/mol. The molecule has 1 aliphatic rings. The van der Waals surface area contributed by atoms with Gasteiger partial charge in [0.2, 0.25) is 11.8 Å². The third-order valence-corrected chi connectivity index (χ3v) is 6.50. The van der Waals surface area contributed by atoms with E-state index in [0.717, 1.165) is 11.8 Å². The van der Waals surface area contributed by atoms with Crippen LogP contribution in [-0.2, 0) is 14.6 Å². The van der Waals surface area contributed by atoms with Crippen LogP contribution in [0.3, 0.4) is 0 Å². The summed E-state index contributed by atoms with van der Waals surface area (Å²) in [6.07, 6.45) is 3.77. The van der Waals surface area contributed by atoms with Crippen molar-refractivity contribution in [2.75, 3.05) is 23.8 Å². The molecule has 0 spiro atoms. The van der Waals surface area contributed by atoms with E-state index in [-0.39, 0.29) is 29.2 Å². The van der Waals surface area contributed by atoms with Crippen molar-refractivity contribution in [2.24, 2.45) is 0 Å². The molecule has 1 saturated heterocycles. The molecule has 1 amide bonds. The number of amides is 1. The highest BCUT2D eigenvalue weighted by molar-refractivity contribution is 7.99. The summed E-state index contributed by atoms with van der Waals surface area (Å²) >= 11 is 1.15. The highest BCUT2D eigenvalue weighted by Gasteiger charge is 2.33. The van der Waals surface area contributed by atoms with Crippen molar-refractivity contribution in [3.05, 3.63) is 24.5 Å². The topological polar surface area (TPSA) is 106 Å². The summed E-state index contributed by atoms with van der Waals surface area (Å²) in [4.78, 5) is 18.0. The third kappa shape index (κ3) is 4.37. The van der Waals surface area contributed by atoms with Crippen molar-refractivity contribution in [1.29, 1.82) is 0 Å². The van der Waals surface area contributed by atoms with Crippen molar-refractivity contribution >= 4 is 27.5 Å². The summed E-state index contributed by atoms with van der Waals surface area (Å²) < 4.78 is 28.8. The van der Waals surface area contributed by atoms with Crippen LogP contribution in [0.2, 0.25) is 0 Å². The summed E-state index contributed by atoms with van der Waals surface area (Å²) in [5, 5.41) is 8.16. The Morgan fingerprint density at radius 3 is 2.92 bits per heavy atom. The fourth-order valence-corrected chi connectivity index (χ4v) is 5.12. The van der Waals surface area contributed by atoms with Crippen LogP contribution in [0.25, 0.3) is 11.5 Å². The number of rotatable bonds is 6. The predicted octanol–water partition coefficient (Wildman–Crippen LogP) is 1.26. The van der Waals surface area contributed by atoms with Gasteiger partial charge >= 0.3 is 0 Å². The van der Waals surface area contributed by atoms with Gasteiger partial charge in [-0.3, -0.25) is 9.78 Å². The van der Waals surface area contributed by atoms with Crippen LogP contribution in [0.4, 0.5) is 0 Å². The van der Waals surface area contributed by atoms with E-state index in [2.05, 4.69) is 15.2 Å². The molecular weight excluding hydrogens is 364 g/mol. The van der Waals surface area contributed by atoms with Crippen LogP contribution in [0.15, 0.2) is 34.2 Å². The molecule has 1 aliphatic heterocycles. The Balaban J connectivity index is 1.59. The summed E-state index contributed by atoms with van der Waals surface area (Å²) in [5.41, 5.74) is 0.708. The van der Waals surface area contributed by atoms with Gasteiger partial charge in [-0.05, 0) is 25.5 Å². The minimum atomic E-state index is -3.03. The second kappa shape index (κ2) is 7.52. The standard InChI is InChI=1S/C15H18N4O4S2/c1-2-19(12-5-7-25(21,22)10-12)13(20)9-24-15-18-17-14(23-15)11-4-3-6-16-8-11/h3-4,6,8,12H,2,5,7,9-10H2,1H3/t12-/m1/s1. The number of carbonyl (C=O) groups excluding carboxylic acids is 1. The van der Waals surface area contributed by atoms with E-state index in [4.69, 9.17) is 4.42 Å². The Bertz CT molecular complexity index is 838. The second-order valence-electron chi connectivity index (χ2n) is 5.64. The summed E-state index contributed by atoms with van der Waals surface area (Å²) in [7, 11) is -3.03. The minimum absolute atomic E-state index is 0.0446. The Labute approximate surface area is 149 Å². The number of hydrogen-bond donors (Lipinski definition) is 0. The average Bonchev–Trinajstić information content (AvgIpc) is 3.21. The van der Waals surface area contributed by atoms with Crippen LogP contribution in [0.5, 0.6) is 0 Å². The van der Waals surface area contributed by atoms with E-state index in [0.29, 0.717) is 29.6 Å². The molecule has 0 aromatic carbocycles. The lowest BCUT2D eigenvalue weighted by molar-refractivity contribution is -0.129. The fourth-order valence-electron chi connectivity index (χ4n) is 2.74. The van der Waals surface area contributed by atoms with Crippen molar-refractivity contribution in [3.63, 3.8) is 0 Å². The maximum atomic E-state index is 12.4. The molecule has 1 fully saturated rings. The second-order valence-corrected chi connectivity index (χ2v) is 8.80. The van der Waals surface area contributed by atoms with Gasteiger partial charge in [0.1, 0.15) is 0 Å². The number of sulfone groups is 1. The molecule has 0 unspecified atom stereocenters. The van der Waals surface area contributed by atoms with E-state index in [1.807, 2.05) is 6.92 Å².